The monoisotopic (exact) mass is 214 g/mol. The first-order chi connectivity index (χ1) is 1.73. The molecule has 0 unspecified atom stereocenters. The minimum Gasteiger partial charge on any atom is -1.00 e. The van der Waals surface area contributed by atoms with Gasteiger partial charge in [-0.1, -0.05) is 0 Å². The van der Waals surface area contributed by atoms with Crippen molar-refractivity contribution in [3.8, 4) is 0 Å². The fraction of sp³-hybridized carbons (Fsp3) is 0. The fourth-order valence-electron chi connectivity index (χ4n) is 0. The van der Waals surface area contributed by atoms with E-state index in [-0.39, 0.29) is 64.1 Å². The minimum absolute atomic E-state index is 0. The van der Waals surface area contributed by atoms with Gasteiger partial charge in [0.15, 0.2) is 0 Å². The van der Waals surface area contributed by atoms with Gasteiger partial charge in [0, 0.05) is 0 Å². The molecule has 0 aliphatic rings. The van der Waals surface area contributed by atoms with Crippen LogP contribution in [0.1, 0.15) is 1.43 Å². The van der Waals surface area contributed by atoms with E-state index in [0.29, 0.717) is 0 Å². The van der Waals surface area contributed by atoms with Crippen LogP contribution in [0.5, 0.6) is 0 Å². The molecule has 0 atom stereocenters. The zero-order chi connectivity index (χ0) is 3.58. The molecule has 13 heavy (non-hydrogen) atoms. The molecule has 0 rings (SSSR count). The molecule has 13 heteroatoms. The Labute approximate surface area is 87.3 Å². The second-order valence-corrected chi connectivity index (χ2v) is 0.346. The van der Waals surface area contributed by atoms with E-state index in [9.17, 15) is 0 Å². The molecule has 0 aliphatic carbocycles. The SMILES string of the molecule is O.O.O.O.O.O.O.O.OB(O)O.[H-].[Li+]. The molecule has 0 saturated heterocycles. The van der Waals surface area contributed by atoms with Crippen LogP contribution in [-0.4, -0.2) is 66.2 Å². The summed E-state index contributed by atoms with van der Waals surface area (Å²) in [7, 11) is -2.17. The second kappa shape index (κ2) is 148. The Morgan fingerprint density at radius 3 is 0.538 bits per heavy atom. The number of hydrogen-bond donors (Lipinski definition) is 3. The molecule has 0 aromatic heterocycles. The van der Waals surface area contributed by atoms with E-state index in [4.69, 9.17) is 15.1 Å². The Morgan fingerprint density at radius 1 is 0.538 bits per heavy atom. The maximum Gasteiger partial charge on any atom is 1.00 e. The van der Waals surface area contributed by atoms with Gasteiger partial charge in [0.25, 0.3) is 0 Å². The molecule has 0 fully saturated rings. The first-order valence-corrected chi connectivity index (χ1v) is 0.775. The molecule has 0 amide bonds. The zero-order valence-electron chi connectivity index (χ0n) is 7.92. The van der Waals surface area contributed by atoms with Gasteiger partial charge in [0.05, 0.1) is 0 Å². The van der Waals surface area contributed by atoms with Crippen LogP contribution in [0.3, 0.4) is 0 Å². The standard InChI is InChI=1S/BH3O3.Li.8H2O.H/c2-1(3)4;;;;;;;;;;/h2-4H;;8*1H2;/q;+1;;;;;;;;;-1. The molecule has 0 spiro atoms. The maximum absolute atomic E-state index is 7.17. The van der Waals surface area contributed by atoms with Crippen molar-refractivity contribution in [2.45, 2.75) is 0 Å². The quantitative estimate of drug-likeness (QED) is 0.330. The third-order valence-corrected chi connectivity index (χ3v) is 0. The topological polar surface area (TPSA) is 313 Å². The van der Waals surface area contributed by atoms with Crippen LogP contribution in [-0.2, 0) is 0 Å². The van der Waals surface area contributed by atoms with Crippen LogP contribution in [0.4, 0.5) is 0 Å². The zero-order valence-corrected chi connectivity index (χ0v) is 6.92. The summed E-state index contributed by atoms with van der Waals surface area (Å²) in [6.07, 6.45) is 0. The molecule has 0 aromatic rings. The molecular weight excluding hydrogens is 194 g/mol. The summed E-state index contributed by atoms with van der Waals surface area (Å²) in [6.45, 7) is 0. The van der Waals surface area contributed by atoms with E-state index in [0.717, 1.165) is 0 Å². The molecule has 0 aromatic carbocycles. The predicted molar refractivity (Wildman–Crippen MR) is 42.4 cm³/mol. The summed E-state index contributed by atoms with van der Waals surface area (Å²) in [5.74, 6) is 0. The van der Waals surface area contributed by atoms with Gasteiger partial charge in [-0.2, -0.15) is 0 Å². The van der Waals surface area contributed by atoms with E-state index < -0.39 is 7.32 Å². The van der Waals surface area contributed by atoms with Crippen LogP contribution >= 0.6 is 0 Å². The van der Waals surface area contributed by atoms with Crippen molar-refractivity contribution in [2.24, 2.45) is 0 Å². The second-order valence-electron chi connectivity index (χ2n) is 0.346. The van der Waals surface area contributed by atoms with Crippen LogP contribution in [0.25, 0.3) is 0 Å². The maximum atomic E-state index is 7.17. The van der Waals surface area contributed by atoms with Gasteiger partial charge in [-0.3, -0.25) is 0 Å². The van der Waals surface area contributed by atoms with Crippen molar-refractivity contribution < 1.29 is 79.2 Å². The molecule has 19 N–H and O–H groups in total. The molecule has 11 nitrogen and oxygen atoms in total. The van der Waals surface area contributed by atoms with Crippen molar-refractivity contribution in [1.82, 2.24) is 0 Å². The Bertz CT molecular complexity index is 20.0. The van der Waals surface area contributed by atoms with Gasteiger partial charge in [0.2, 0.25) is 0 Å². The van der Waals surface area contributed by atoms with Crippen molar-refractivity contribution in [3.63, 3.8) is 0 Å². The number of hydrogen-bond acceptors (Lipinski definition) is 3. The minimum atomic E-state index is -2.17. The summed E-state index contributed by atoms with van der Waals surface area (Å²) in [5, 5.41) is 21.5. The van der Waals surface area contributed by atoms with E-state index in [1.54, 1.807) is 0 Å². The third kappa shape index (κ3) is 25800. The van der Waals surface area contributed by atoms with E-state index in [1.807, 2.05) is 0 Å². The van der Waals surface area contributed by atoms with E-state index in [1.165, 1.54) is 0 Å². The van der Waals surface area contributed by atoms with E-state index >= 15 is 0 Å². The van der Waals surface area contributed by atoms with Gasteiger partial charge in [-0.25, -0.2) is 0 Å². The van der Waals surface area contributed by atoms with Gasteiger partial charge < -0.3 is 60.3 Å². The summed E-state index contributed by atoms with van der Waals surface area (Å²) in [5.41, 5.74) is 0. The van der Waals surface area contributed by atoms with Crippen molar-refractivity contribution in [3.05, 3.63) is 0 Å². The van der Waals surface area contributed by atoms with Crippen LogP contribution in [0, 0.1) is 0 Å². The predicted octanol–water partition coefficient (Wildman–Crippen LogP) is -11.5. The summed E-state index contributed by atoms with van der Waals surface area (Å²) >= 11 is 0. The first-order valence-electron chi connectivity index (χ1n) is 0.775. The van der Waals surface area contributed by atoms with Gasteiger partial charge in [-0.05, 0) is 0 Å². The van der Waals surface area contributed by atoms with Gasteiger partial charge >= 0.3 is 26.2 Å². The Hall–Kier alpha value is 0.222. The molecule has 0 radical (unpaired) electrons. The van der Waals surface area contributed by atoms with Crippen molar-refractivity contribution in [2.75, 3.05) is 0 Å². The molecule has 0 saturated carbocycles. The average molecular weight is 214 g/mol. The van der Waals surface area contributed by atoms with Crippen LogP contribution in [0.2, 0.25) is 0 Å². The molecule has 0 bridgehead atoms. The van der Waals surface area contributed by atoms with Crippen LogP contribution in [0.15, 0.2) is 0 Å². The summed E-state index contributed by atoms with van der Waals surface area (Å²) < 4.78 is 0. The van der Waals surface area contributed by atoms with Crippen molar-refractivity contribution >= 4 is 7.32 Å². The first kappa shape index (κ1) is 190. The van der Waals surface area contributed by atoms with Gasteiger partial charge in [-0.15, -0.1) is 0 Å². The Kier molecular flexibility index (Phi) is 2170. The molecule has 0 heterocycles. The third-order valence-electron chi connectivity index (χ3n) is 0. The molecule has 0 aliphatic heterocycles. The van der Waals surface area contributed by atoms with Crippen LogP contribution < -0.4 is 18.9 Å². The molecule has 90 valence electrons. The largest absolute Gasteiger partial charge is 1.00 e. The Balaban J connectivity index is -0.000000001000. The van der Waals surface area contributed by atoms with E-state index in [2.05, 4.69) is 0 Å². The Morgan fingerprint density at radius 2 is 0.538 bits per heavy atom. The van der Waals surface area contributed by atoms with Crippen molar-refractivity contribution in [1.29, 1.82) is 0 Å². The van der Waals surface area contributed by atoms with Gasteiger partial charge in [0.1, 0.15) is 0 Å². The molecular formula is H20BLiO11. The normalized spacial score (nSPS) is 2.08. The fourth-order valence-corrected chi connectivity index (χ4v) is 0. The smallest absolute Gasteiger partial charge is 1.00 e. The number of rotatable bonds is 0. The average Bonchev–Trinajstić information content (AvgIpc) is 0.811. The summed E-state index contributed by atoms with van der Waals surface area (Å²) in [6, 6.07) is 0. The summed E-state index contributed by atoms with van der Waals surface area (Å²) in [4.78, 5) is 0.